The zero-order valence-electron chi connectivity index (χ0n) is 13.4. The Morgan fingerprint density at radius 3 is 2.05 bits per heavy atom. The number of amides is 1. The average molecular weight is 282 g/mol. The van der Waals surface area contributed by atoms with Crippen molar-refractivity contribution in [3.05, 3.63) is 0 Å². The number of carbonyl (C=O) groups is 1. The maximum absolute atomic E-state index is 11.7. The second-order valence-corrected chi connectivity index (χ2v) is 6.56. The average Bonchev–Trinajstić information content (AvgIpc) is 3.24. The van der Waals surface area contributed by atoms with Crippen LogP contribution in [0.2, 0.25) is 0 Å². The highest BCUT2D eigenvalue weighted by atomic mass is 16.1. The highest BCUT2D eigenvalue weighted by Crippen LogP contribution is 2.43. The molecule has 0 atom stereocenters. The maximum atomic E-state index is 11.7. The third-order valence-electron chi connectivity index (χ3n) is 4.56. The van der Waals surface area contributed by atoms with Crippen LogP contribution in [0.1, 0.15) is 84.0 Å². The Labute approximate surface area is 125 Å². The zero-order chi connectivity index (χ0) is 14.7. The van der Waals surface area contributed by atoms with E-state index in [9.17, 15) is 4.79 Å². The van der Waals surface area contributed by atoms with E-state index in [0.717, 1.165) is 13.0 Å². The number of rotatable bonds is 13. The highest BCUT2D eigenvalue weighted by molar-refractivity contribution is 5.75. The lowest BCUT2D eigenvalue weighted by atomic mass is 10.1. The molecule has 0 radical (unpaired) electrons. The van der Waals surface area contributed by atoms with Crippen LogP contribution in [0.5, 0.6) is 0 Å². The van der Waals surface area contributed by atoms with Crippen LogP contribution in [-0.2, 0) is 4.79 Å². The summed E-state index contributed by atoms with van der Waals surface area (Å²) in [6.45, 7) is 3.76. The molecule has 20 heavy (non-hydrogen) atoms. The largest absolute Gasteiger partial charge is 0.355 e. The number of hydrogen-bond acceptors (Lipinski definition) is 2. The molecule has 0 saturated heterocycles. The molecule has 1 fully saturated rings. The quantitative estimate of drug-likeness (QED) is 0.505. The molecule has 0 bridgehead atoms. The van der Waals surface area contributed by atoms with Gasteiger partial charge in [0.2, 0.25) is 5.91 Å². The molecule has 3 heteroatoms. The van der Waals surface area contributed by atoms with Crippen molar-refractivity contribution < 1.29 is 4.79 Å². The Morgan fingerprint density at radius 1 is 1.00 bits per heavy atom. The number of hydrogen-bond donors (Lipinski definition) is 2. The van der Waals surface area contributed by atoms with Crippen LogP contribution < -0.4 is 11.1 Å². The second-order valence-electron chi connectivity index (χ2n) is 6.56. The highest BCUT2D eigenvalue weighted by Gasteiger charge is 2.41. The molecule has 1 rings (SSSR count). The monoisotopic (exact) mass is 282 g/mol. The molecular formula is C17H34N2O. The van der Waals surface area contributed by atoms with Crippen LogP contribution in [-0.4, -0.2) is 19.0 Å². The van der Waals surface area contributed by atoms with Crippen molar-refractivity contribution in [1.29, 1.82) is 0 Å². The lowest BCUT2D eigenvalue weighted by Crippen LogP contribution is -2.33. The van der Waals surface area contributed by atoms with Crippen molar-refractivity contribution in [1.82, 2.24) is 5.32 Å². The van der Waals surface area contributed by atoms with Gasteiger partial charge in [-0.2, -0.15) is 0 Å². The standard InChI is InChI=1S/C17H34N2O/c1-2-3-4-5-6-7-8-9-10-11-16(20)19-15-17(14-18)12-13-17/h2-15,18H2,1H3,(H,19,20). The van der Waals surface area contributed by atoms with Crippen molar-refractivity contribution in [3.63, 3.8) is 0 Å². The molecular weight excluding hydrogens is 248 g/mol. The number of nitrogens with two attached hydrogens (primary N) is 1. The Balaban J connectivity index is 1.82. The van der Waals surface area contributed by atoms with Gasteiger partial charge in [0.05, 0.1) is 0 Å². The van der Waals surface area contributed by atoms with E-state index in [1.54, 1.807) is 0 Å². The zero-order valence-corrected chi connectivity index (χ0v) is 13.4. The van der Waals surface area contributed by atoms with E-state index in [4.69, 9.17) is 5.73 Å². The van der Waals surface area contributed by atoms with Crippen LogP contribution in [0.25, 0.3) is 0 Å². The molecule has 0 aromatic carbocycles. The van der Waals surface area contributed by atoms with Crippen LogP contribution in [0.4, 0.5) is 0 Å². The Hall–Kier alpha value is -0.570. The summed E-state index contributed by atoms with van der Waals surface area (Å²) in [6, 6.07) is 0. The fourth-order valence-electron chi connectivity index (χ4n) is 2.60. The summed E-state index contributed by atoms with van der Waals surface area (Å²) in [4.78, 5) is 11.7. The van der Waals surface area contributed by atoms with Crippen molar-refractivity contribution >= 4 is 5.91 Å². The lowest BCUT2D eigenvalue weighted by molar-refractivity contribution is -0.121. The predicted molar refractivity (Wildman–Crippen MR) is 85.6 cm³/mol. The number of nitrogens with one attached hydrogen (secondary N) is 1. The van der Waals surface area contributed by atoms with Gasteiger partial charge in [-0.15, -0.1) is 0 Å². The first kappa shape index (κ1) is 17.5. The molecule has 118 valence electrons. The van der Waals surface area contributed by atoms with E-state index in [2.05, 4.69) is 12.2 Å². The Bertz CT molecular complexity index is 262. The third-order valence-corrected chi connectivity index (χ3v) is 4.56. The topological polar surface area (TPSA) is 55.1 Å². The van der Waals surface area contributed by atoms with Gasteiger partial charge in [-0.3, -0.25) is 4.79 Å². The van der Waals surface area contributed by atoms with Gasteiger partial charge in [0, 0.05) is 13.0 Å². The van der Waals surface area contributed by atoms with Crippen molar-refractivity contribution in [3.8, 4) is 0 Å². The van der Waals surface area contributed by atoms with Crippen molar-refractivity contribution in [2.75, 3.05) is 13.1 Å². The summed E-state index contributed by atoms with van der Waals surface area (Å²) in [6.07, 6.45) is 14.8. The first-order valence-electron chi connectivity index (χ1n) is 8.69. The first-order valence-corrected chi connectivity index (χ1v) is 8.69. The van der Waals surface area contributed by atoms with Crippen molar-refractivity contribution in [2.45, 2.75) is 84.0 Å². The smallest absolute Gasteiger partial charge is 0.220 e. The van der Waals surface area contributed by atoms with Gasteiger partial charge in [-0.05, 0) is 31.2 Å². The summed E-state index contributed by atoms with van der Waals surface area (Å²) in [5.74, 6) is 0.215. The van der Waals surface area contributed by atoms with Gasteiger partial charge in [0.25, 0.3) is 0 Å². The predicted octanol–water partition coefficient (Wildman–Crippen LogP) is 3.76. The van der Waals surface area contributed by atoms with Gasteiger partial charge in [0.15, 0.2) is 0 Å². The summed E-state index contributed by atoms with van der Waals surface area (Å²) in [5, 5.41) is 3.04. The molecule has 0 spiro atoms. The van der Waals surface area contributed by atoms with E-state index >= 15 is 0 Å². The van der Waals surface area contributed by atoms with Gasteiger partial charge < -0.3 is 11.1 Å². The van der Waals surface area contributed by atoms with Gasteiger partial charge in [0.1, 0.15) is 0 Å². The minimum atomic E-state index is 0.215. The van der Waals surface area contributed by atoms with E-state index in [1.807, 2.05) is 0 Å². The Kier molecular flexibility index (Phi) is 8.92. The molecule has 1 aliphatic rings. The van der Waals surface area contributed by atoms with Crippen LogP contribution in [0.15, 0.2) is 0 Å². The summed E-state index contributed by atoms with van der Waals surface area (Å²) in [5.41, 5.74) is 5.96. The second kappa shape index (κ2) is 10.2. The van der Waals surface area contributed by atoms with Gasteiger partial charge in [-0.1, -0.05) is 58.3 Å². The van der Waals surface area contributed by atoms with E-state index < -0.39 is 0 Å². The van der Waals surface area contributed by atoms with Gasteiger partial charge in [-0.25, -0.2) is 0 Å². The van der Waals surface area contributed by atoms with Gasteiger partial charge >= 0.3 is 0 Å². The van der Waals surface area contributed by atoms with E-state index in [-0.39, 0.29) is 11.3 Å². The van der Waals surface area contributed by atoms with Crippen molar-refractivity contribution in [2.24, 2.45) is 11.1 Å². The molecule has 3 nitrogen and oxygen atoms in total. The fourth-order valence-corrected chi connectivity index (χ4v) is 2.60. The SMILES string of the molecule is CCCCCCCCCCCC(=O)NCC1(CN)CC1. The molecule has 3 N–H and O–H groups in total. The molecule has 0 unspecified atom stereocenters. The maximum Gasteiger partial charge on any atom is 0.220 e. The number of unbranched alkanes of at least 4 members (excludes halogenated alkanes) is 8. The fraction of sp³-hybridized carbons (Fsp3) is 0.941. The summed E-state index contributed by atoms with van der Waals surface area (Å²) in [7, 11) is 0. The van der Waals surface area contributed by atoms with Crippen LogP contribution in [0.3, 0.4) is 0 Å². The summed E-state index contributed by atoms with van der Waals surface area (Å²) < 4.78 is 0. The lowest BCUT2D eigenvalue weighted by Gasteiger charge is -2.13. The third kappa shape index (κ3) is 7.88. The van der Waals surface area contributed by atoms with Crippen LogP contribution >= 0.6 is 0 Å². The molecule has 0 aliphatic heterocycles. The molecule has 1 aliphatic carbocycles. The van der Waals surface area contributed by atoms with E-state index in [0.29, 0.717) is 13.0 Å². The minimum Gasteiger partial charge on any atom is -0.355 e. The number of carbonyl (C=O) groups excluding carboxylic acids is 1. The first-order chi connectivity index (χ1) is 9.72. The summed E-state index contributed by atoms with van der Waals surface area (Å²) >= 11 is 0. The molecule has 0 heterocycles. The van der Waals surface area contributed by atoms with E-state index in [1.165, 1.54) is 64.2 Å². The molecule has 1 amide bonds. The van der Waals surface area contributed by atoms with Crippen LogP contribution in [0, 0.1) is 5.41 Å². The molecule has 0 aromatic rings. The normalized spacial score (nSPS) is 16.1. The Morgan fingerprint density at radius 2 is 1.55 bits per heavy atom. The minimum absolute atomic E-state index is 0.215. The molecule has 1 saturated carbocycles. The molecule has 0 aromatic heterocycles.